The lowest BCUT2D eigenvalue weighted by Crippen LogP contribution is -2.74. The number of aromatic amines is 1. The standard InChI is InChI=1S/C26H26N2O3.ClH/c1-14(2)13-28-10-9-25-21-15-7-8-19(29)23(21)31-24(25)22-17(12-26(25,30)20(28)11-15)16-5-3-4-6-18(16)27-22;/h3-8,20,24,27,29-30H,1,9-13H2,2H3;1H/t20?,24-,25-,26+;/m0./s1. The van der Waals surface area contributed by atoms with E-state index in [4.69, 9.17) is 4.74 Å². The molecule has 3 heterocycles. The molecule has 1 unspecified atom stereocenters. The van der Waals surface area contributed by atoms with Crippen molar-refractivity contribution in [3.63, 3.8) is 0 Å². The van der Waals surface area contributed by atoms with Crippen LogP contribution in [0.25, 0.3) is 10.9 Å². The number of aliphatic hydroxyl groups is 1. The molecule has 4 atom stereocenters. The largest absolute Gasteiger partial charge is 0.504 e. The van der Waals surface area contributed by atoms with Gasteiger partial charge in [0.15, 0.2) is 17.6 Å². The molecule has 5 nitrogen and oxygen atoms in total. The Hall–Kier alpha value is -2.47. The summed E-state index contributed by atoms with van der Waals surface area (Å²) in [5.74, 6) is 0.740. The van der Waals surface area contributed by atoms with E-state index >= 15 is 0 Å². The van der Waals surface area contributed by atoms with Crippen molar-refractivity contribution >= 4 is 23.3 Å². The molecule has 0 amide bonds. The van der Waals surface area contributed by atoms with Gasteiger partial charge in [0.25, 0.3) is 0 Å². The summed E-state index contributed by atoms with van der Waals surface area (Å²) in [7, 11) is 0. The van der Waals surface area contributed by atoms with Crippen LogP contribution in [0.15, 0.2) is 48.6 Å². The molecule has 166 valence electrons. The van der Waals surface area contributed by atoms with Crippen LogP contribution in [0, 0.1) is 0 Å². The Labute approximate surface area is 193 Å². The van der Waals surface area contributed by atoms with Crippen LogP contribution in [-0.4, -0.2) is 44.8 Å². The van der Waals surface area contributed by atoms with Crippen LogP contribution < -0.4 is 4.74 Å². The molecular formula is C26H27ClN2O3. The molecule has 2 aliphatic carbocycles. The highest BCUT2D eigenvalue weighted by Crippen LogP contribution is 2.68. The predicted molar refractivity (Wildman–Crippen MR) is 126 cm³/mol. The molecule has 6 heteroatoms. The van der Waals surface area contributed by atoms with Crippen LogP contribution in [0.5, 0.6) is 11.5 Å². The lowest BCUT2D eigenvalue weighted by molar-refractivity contribution is -0.170. The maximum Gasteiger partial charge on any atom is 0.166 e. The lowest BCUT2D eigenvalue weighted by Gasteiger charge is -2.62. The van der Waals surface area contributed by atoms with Crippen LogP contribution >= 0.6 is 12.4 Å². The molecular weight excluding hydrogens is 424 g/mol. The van der Waals surface area contributed by atoms with Crippen molar-refractivity contribution in [2.24, 2.45) is 0 Å². The zero-order valence-corrected chi connectivity index (χ0v) is 18.8. The average Bonchev–Trinajstić information content (AvgIpc) is 3.27. The minimum atomic E-state index is -0.977. The first-order valence-corrected chi connectivity index (χ1v) is 11.2. The Kier molecular flexibility index (Phi) is 3.98. The Bertz CT molecular complexity index is 1300. The van der Waals surface area contributed by atoms with E-state index in [1.807, 2.05) is 18.2 Å². The smallest absolute Gasteiger partial charge is 0.166 e. The second kappa shape index (κ2) is 6.31. The van der Waals surface area contributed by atoms with Crippen molar-refractivity contribution in [1.29, 1.82) is 0 Å². The number of piperidine rings is 1. The Morgan fingerprint density at radius 3 is 2.91 bits per heavy atom. The van der Waals surface area contributed by atoms with Crippen LogP contribution in [0.1, 0.15) is 41.8 Å². The number of hydrogen-bond donors (Lipinski definition) is 3. The van der Waals surface area contributed by atoms with Crippen molar-refractivity contribution in [3.8, 4) is 11.5 Å². The number of fused-ring (bicyclic) bond motifs is 4. The molecule has 4 aliphatic rings. The predicted octanol–water partition coefficient (Wildman–Crippen LogP) is 4.16. The lowest BCUT2D eigenvalue weighted by atomic mass is 9.49. The van der Waals surface area contributed by atoms with Gasteiger partial charge in [0.1, 0.15) is 0 Å². The summed E-state index contributed by atoms with van der Waals surface area (Å²) in [5.41, 5.74) is 5.08. The highest BCUT2D eigenvalue weighted by Gasteiger charge is 2.72. The van der Waals surface area contributed by atoms with E-state index in [1.165, 1.54) is 5.56 Å². The second-order valence-electron chi connectivity index (χ2n) is 9.98. The van der Waals surface area contributed by atoms with Crippen molar-refractivity contribution in [1.82, 2.24) is 9.88 Å². The minimum Gasteiger partial charge on any atom is -0.504 e. The van der Waals surface area contributed by atoms with Gasteiger partial charge in [-0.05, 0) is 43.0 Å². The number of nitrogens with one attached hydrogen (secondary N) is 1. The zero-order valence-electron chi connectivity index (χ0n) is 18.0. The van der Waals surface area contributed by atoms with Gasteiger partial charge in [-0.25, -0.2) is 0 Å². The number of H-pyrrole nitrogens is 1. The van der Waals surface area contributed by atoms with E-state index < -0.39 is 11.0 Å². The first kappa shape index (κ1) is 20.2. The third-order valence-electron chi connectivity index (χ3n) is 8.35. The topological polar surface area (TPSA) is 68.7 Å². The maximum absolute atomic E-state index is 12.7. The molecule has 3 N–H and O–H groups in total. The molecule has 2 aromatic carbocycles. The highest BCUT2D eigenvalue weighted by molar-refractivity contribution is 5.86. The Morgan fingerprint density at radius 2 is 2.09 bits per heavy atom. The van der Waals surface area contributed by atoms with E-state index in [0.717, 1.165) is 59.2 Å². The van der Waals surface area contributed by atoms with Crippen molar-refractivity contribution < 1.29 is 14.9 Å². The van der Waals surface area contributed by atoms with Gasteiger partial charge in [-0.1, -0.05) is 36.4 Å². The minimum absolute atomic E-state index is 0. The number of hydrogen-bond acceptors (Lipinski definition) is 4. The quantitative estimate of drug-likeness (QED) is 0.513. The number of phenols is 1. The fourth-order valence-electron chi connectivity index (χ4n) is 7.26. The first-order chi connectivity index (χ1) is 14.9. The summed E-state index contributed by atoms with van der Waals surface area (Å²) in [6.07, 6.45) is 1.79. The molecule has 3 aromatic rings. The number of aromatic hydroxyl groups is 1. The summed E-state index contributed by atoms with van der Waals surface area (Å²) in [4.78, 5) is 6.03. The average molecular weight is 451 g/mol. The second-order valence-corrected chi connectivity index (χ2v) is 9.98. The molecule has 0 radical (unpaired) electrons. The van der Waals surface area contributed by atoms with Crippen molar-refractivity contribution in [3.05, 3.63) is 70.9 Å². The number of para-hydroxylation sites is 1. The first-order valence-electron chi connectivity index (χ1n) is 11.2. The van der Waals surface area contributed by atoms with Crippen LogP contribution in [0.3, 0.4) is 0 Å². The molecule has 0 saturated carbocycles. The maximum atomic E-state index is 12.7. The fourth-order valence-corrected chi connectivity index (χ4v) is 7.26. The van der Waals surface area contributed by atoms with Gasteiger partial charge in [0.2, 0.25) is 0 Å². The third-order valence-corrected chi connectivity index (χ3v) is 8.35. The summed E-state index contributed by atoms with van der Waals surface area (Å²) in [6, 6.07) is 12.1. The van der Waals surface area contributed by atoms with E-state index in [1.54, 1.807) is 6.07 Å². The van der Waals surface area contributed by atoms with Gasteiger partial charge >= 0.3 is 0 Å². The molecule has 1 fully saturated rings. The summed E-state index contributed by atoms with van der Waals surface area (Å²) >= 11 is 0. The number of benzene rings is 2. The van der Waals surface area contributed by atoms with Gasteiger partial charge in [0, 0.05) is 42.0 Å². The van der Waals surface area contributed by atoms with E-state index in [0.29, 0.717) is 12.2 Å². The number of phenolic OH excluding ortho intramolecular Hbond substituents is 1. The van der Waals surface area contributed by atoms with Crippen LogP contribution in [-0.2, 0) is 18.3 Å². The van der Waals surface area contributed by atoms with Gasteiger partial charge in [0.05, 0.1) is 16.7 Å². The highest BCUT2D eigenvalue weighted by atomic mass is 35.5. The number of aromatic nitrogens is 1. The monoisotopic (exact) mass is 450 g/mol. The molecule has 1 aromatic heterocycles. The van der Waals surface area contributed by atoms with Gasteiger partial charge < -0.3 is 19.9 Å². The Morgan fingerprint density at radius 1 is 1.28 bits per heavy atom. The normalized spacial score (nSPS) is 31.4. The number of halogens is 1. The fraction of sp³-hybridized carbons (Fsp3) is 0.385. The number of likely N-dealkylation sites (tertiary alicyclic amines) is 1. The molecule has 7 rings (SSSR count). The zero-order chi connectivity index (χ0) is 21.1. The van der Waals surface area contributed by atoms with Crippen LogP contribution in [0.2, 0.25) is 0 Å². The summed E-state index contributed by atoms with van der Waals surface area (Å²) in [6.45, 7) is 7.87. The molecule has 1 spiro atoms. The van der Waals surface area contributed by atoms with E-state index in [9.17, 15) is 10.2 Å². The molecule has 32 heavy (non-hydrogen) atoms. The van der Waals surface area contributed by atoms with Gasteiger partial charge in [-0.2, -0.15) is 0 Å². The van der Waals surface area contributed by atoms with Crippen molar-refractivity contribution in [2.45, 2.75) is 49.3 Å². The molecule has 2 aliphatic heterocycles. The SMILES string of the molecule is C=C(C)CN1CC[C@]23c4c5ccc(O)c4O[C@H]2c2[nH]c4ccccc4c2C[C@@]3(O)C1C5.Cl. The summed E-state index contributed by atoms with van der Waals surface area (Å²) < 4.78 is 6.57. The van der Waals surface area contributed by atoms with Crippen molar-refractivity contribution in [2.75, 3.05) is 13.1 Å². The molecule has 1 saturated heterocycles. The van der Waals surface area contributed by atoms with Gasteiger partial charge in [-0.3, -0.25) is 4.90 Å². The number of rotatable bonds is 2. The Balaban J connectivity index is 0.00000196. The van der Waals surface area contributed by atoms with E-state index in [2.05, 4.69) is 35.5 Å². The van der Waals surface area contributed by atoms with E-state index in [-0.39, 0.29) is 30.3 Å². The van der Waals surface area contributed by atoms with Crippen LogP contribution in [0.4, 0.5) is 0 Å². The number of nitrogens with zero attached hydrogens (tertiary/aromatic N) is 1. The number of ether oxygens (including phenoxy) is 1. The summed E-state index contributed by atoms with van der Waals surface area (Å²) in [5, 5.41) is 24.5. The molecule has 2 bridgehead atoms. The van der Waals surface area contributed by atoms with Gasteiger partial charge in [-0.15, -0.1) is 12.4 Å². The third kappa shape index (κ3) is 2.12.